The van der Waals surface area contributed by atoms with Gasteiger partial charge in [0.05, 0.1) is 12.8 Å². The first-order chi connectivity index (χ1) is 16.4. The van der Waals surface area contributed by atoms with Crippen LogP contribution in [0.3, 0.4) is 0 Å². The molecule has 2 aromatic carbocycles. The van der Waals surface area contributed by atoms with Crippen molar-refractivity contribution >= 4 is 22.4 Å². The summed E-state index contributed by atoms with van der Waals surface area (Å²) in [6.07, 6.45) is 0.770. The topological polar surface area (TPSA) is 109 Å². The summed E-state index contributed by atoms with van der Waals surface area (Å²) in [5, 5.41) is 10.1. The molecule has 1 amide bonds. The van der Waals surface area contributed by atoms with E-state index >= 15 is 0 Å². The molecule has 2 aromatic heterocycles. The number of carbonyl (C=O) groups is 1. The smallest absolute Gasteiger partial charge is 0.257 e. The van der Waals surface area contributed by atoms with Crippen LogP contribution in [0.5, 0.6) is 17.2 Å². The van der Waals surface area contributed by atoms with Crippen molar-refractivity contribution in [2.24, 2.45) is 0 Å². The predicted molar refractivity (Wildman–Crippen MR) is 123 cm³/mol. The molecule has 0 radical (unpaired) electrons. The molecule has 9 nitrogen and oxygen atoms in total. The number of nitrogens with one attached hydrogen (secondary N) is 1. The first-order valence-corrected chi connectivity index (χ1v) is 11.0. The average Bonchev–Trinajstić information content (AvgIpc) is 3.41. The maximum absolute atomic E-state index is 13.3. The van der Waals surface area contributed by atoms with Crippen LogP contribution in [0.1, 0.15) is 23.2 Å². The van der Waals surface area contributed by atoms with E-state index in [1.165, 1.54) is 0 Å². The first kappa shape index (κ1) is 23.3. The molecular formula is C23H21FN4O5S. The van der Waals surface area contributed by atoms with Crippen molar-refractivity contribution in [3.8, 4) is 28.7 Å². The average molecular weight is 485 g/mol. The fourth-order valence-corrected chi connectivity index (χ4v) is 3.59. The van der Waals surface area contributed by atoms with Crippen molar-refractivity contribution in [2.75, 3.05) is 19.0 Å². The Balaban J connectivity index is 1.61. The van der Waals surface area contributed by atoms with Crippen LogP contribution in [0.15, 0.2) is 53.1 Å². The molecule has 0 aliphatic carbocycles. The molecule has 4 aromatic rings. The zero-order valence-electron chi connectivity index (χ0n) is 18.6. The van der Waals surface area contributed by atoms with E-state index in [4.69, 9.17) is 18.6 Å². The molecule has 1 N–H and O–H groups in total. The van der Waals surface area contributed by atoms with Gasteiger partial charge in [0.1, 0.15) is 23.4 Å². The van der Waals surface area contributed by atoms with Crippen molar-refractivity contribution in [2.45, 2.75) is 20.0 Å². The number of halogens is 1. The van der Waals surface area contributed by atoms with Gasteiger partial charge in [0, 0.05) is 31.2 Å². The SMILES string of the molecule is COCC(C)Oc1cc(Oc2cccc(-c3nnc(C)o3)c2)cc(C(=O)Nc2ncc(F)s2)c1. The molecule has 0 fully saturated rings. The van der Waals surface area contributed by atoms with Crippen molar-refractivity contribution in [3.63, 3.8) is 0 Å². The van der Waals surface area contributed by atoms with Gasteiger partial charge in [-0.05, 0) is 37.3 Å². The van der Waals surface area contributed by atoms with Gasteiger partial charge in [0.15, 0.2) is 10.3 Å². The number of nitrogens with zero attached hydrogens (tertiary/aromatic N) is 3. The maximum Gasteiger partial charge on any atom is 0.257 e. The fourth-order valence-electron chi connectivity index (χ4n) is 3.05. The van der Waals surface area contributed by atoms with Crippen molar-refractivity contribution in [3.05, 3.63) is 65.2 Å². The van der Waals surface area contributed by atoms with Crippen molar-refractivity contribution < 1.29 is 27.8 Å². The zero-order chi connectivity index (χ0) is 24.1. The number of ether oxygens (including phenoxy) is 3. The molecule has 1 unspecified atom stereocenters. The van der Waals surface area contributed by atoms with Crippen LogP contribution in [0, 0.1) is 12.1 Å². The number of aryl methyl sites for hydroxylation is 1. The first-order valence-electron chi connectivity index (χ1n) is 10.2. The Labute approximate surface area is 198 Å². The second-order valence-corrected chi connectivity index (χ2v) is 8.24. The molecule has 4 rings (SSSR count). The summed E-state index contributed by atoms with van der Waals surface area (Å²) in [7, 11) is 1.57. The molecule has 34 heavy (non-hydrogen) atoms. The molecule has 0 saturated heterocycles. The van der Waals surface area contributed by atoms with Crippen LogP contribution >= 0.6 is 11.3 Å². The zero-order valence-corrected chi connectivity index (χ0v) is 19.4. The van der Waals surface area contributed by atoms with Gasteiger partial charge in [-0.15, -0.1) is 10.2 Å². The largest absolute Gasteiger partial charge is 0.488 e. The number of aromatic nitrogens is 3. The lowest BCUT2D eigenvalue weighted by Crippen LogP contribution is -2.18. The standard InChI is InChI=1S/C23H21FN4O5S/c1-13(12-30-3)31-18-8-16(21(29)26-23-25-11-20(24)34-23)9-19(10-18)33-17-6-4-5-15(7-17)22-28-27-14(2)32-22/h4-11,13H,12H2,1-3H3,(H,25,26,29). The monoisotopic (exact) mass is 484 g/mol. The van der Waals surface area contributed by atoms with E-state index in [1.54, 1.807) is 50.4 Å². The lowest BCUT2D eigenvalue weighted by Gasteiger charge is -2.16. The molecule has 0 bridgehead atoms. The summed E-state index contributed by atoms with van der Waals surface area (Å²) in [6, 6.07) is 11.9. The highest BCUT2D eigenvalue weighted by atomic mass is 32.1. The summed E-state index contributed by atoms with van der Waals surface area (Å²) >= 11 is 0.732. The van der Waals surface area contributed by atoms with Gasteiger partial charge in [0.25, 0.3) is 5.91 Å². The number of hydrogen-bond acceptors (Lipinski definition) is 9. The third-order valence-electron chi connectivity index (χ3n) is 4.42. The molecular weight excluding hydrogens is 463 g/mol. The molecule has 1 atom stereocenters. The number of amides is 1. The minimum Gasteiger partial charge on any atom is -0.488 e. The van der Waals surface area contributed by atoms with E-state index in [9.17, 15) is 9.18 Å². The van der Waals surface area contributed by atoms with Crippen molar-refractivity contribution in [1.82, 2.24) is 15.2 Å². The van der Waals surface area contributed by atoms with Gasteiger partial charge in [-0.1, -0.05) is 17.4 Å². The van der Waals surface area contributed by atoms with E-state index in [2.05, 4.69) is 20.5 Å². The fraction of sp³-hybridized carbons (Fsp3) is 0.217. The minimum atomic E-state index is -0.499. The highest BCUT2D eigenvalue weighted by Crippen LogP contribution is 2.31. The summed E-state index contributed by atoms with van der Waals surface area (Å²) in [6.45, 7) is 3.90. The summed E-state index contributed by atoms with van der Waals surface area (Å²) < 4.78 is 35.8. The maximum atomic E-state index is 13.3. The van der Waals surface area contributed by atoms with Crippen LogP contribution in [0.4, 0.5) is 9.52 Å². The lowest BCUT2D eigenvalue weighted by molar-refractivity contribution is 0.0916. The Bertz CT molecular complexity index is 1290. The normalized spacial score (nSPS) is 11.8. The van der Waals surface area contributed by atoms with Gasteiger partial charge in [-0.25, -0.2) is 4.98 Å². The van der Waals surface area contributed by atoms with Gasteiger partial charge >= 0.3 is 0 Å². The van der Waals surface area contributed by atoms with Crippen LogP contribution < -0.4 is 14.8 Å². The van der Waals surface area contributed by atoms with Gasteiger partial charge in [-0.3, -0.25) is 10.1 Å². The Morgan fingerprint density at radius 3 is 2.71 bits per heavy atom. The number of anilines is 1. The van der Waals surface area contributed by atoms with Crippen molar-refractivity contribution in [1.29, 1.82) is 0 Å². The minimum absolute atomic E-state index is 0.145. The second kappa shape index (κ2) is 10.4. The number of methoxy groups -OCH3 is 1. The Morgan fingerprint density at radius 2 is 2.00 bits per heavy atom. The second-order valence-electron chi connectivity index (χ2n) is 7.26. The Hall–Kier alpha value is -3.83. The van der Waals surface area contributed by atoms with E-state index in [0.717, 1.165) is 17.5 Å². The van der Waals surface area contributed by atoms with E-state index in [-0.39, 0.29) is 16.8 Å². The molecule has 0 aliphatic rings. The molecule has 0 spiro atoms. The van der Waals surface area contributed by atoms with Gasteiger partial charge in [-0.2, -0.15) is 4.39 Å². The van der Waals surface area contributed by atoms with Crippen LogP contribution in [0.25, 0.3) is 11.5 Å². The summed E-state index contributed by atoms with van der Waals surface area (Å²) in [5.41, 5.74) is 0.930. The highest BCUT2D eigenvalue weighted by molar-refractivity contribution is 7.14. The number of benzene rings is 2. The number of hydrogen-bond donors (Lipinski definition) is 1. The van der Waals surface area contributed by atoms with Crippen LogP contribution in [-0.2, 0) is 4.74 Å². The molecule has 0 saturated carbocycles. The number of rotatable bonds is 9. The lowest BCUT2D eigenvalue weighted by atomic mass is 10.1. The molecule has 176 valence electrons. The highest BCUT2D eigenvalue weighted by Gasteiger charge is 2.15. The van der Waals surface area contributed by atoms with E-state index < -0.39 is 11.0 Å². The number of thiazole rings is 1. The van der Waals surface area contributed by atoms with Gasteiger partial charge in [0.2, 0.25) is 11.8 Å². The van der Waals surface area contributed by atoms with Gasteiger partial charge < -0.3 is 18.6 Å². The van der Waals surface area contributed by atoms with Crippen LogP contribution in [-0.4, -0.2) is 40.9 Å². The van der Waals surface area contributed by atoms with E-state index in [0.29, 0.717) is 41.2 Å². The molecule has 11 heteroatoms. The third-order valence-corrected chi connectivity index (χ3v) is 5.12. The van der Waals surface area contributed by atoms with E-state index in [1.807, 2.05) is 13.0 Å². The Kier molecular flexibility index (Phi) is 7.14. The van der Waals surface area contributed by atoms with Crippen LogP contribution in [0.2, 0.25) is 0 Å². The summed E-state index contributed by atoms with van der Waals surface area (Å²) in [4.78, 5) is 16.6. The quantitative estimate of drug-likeness (QED) is 0.350. The predicted octanol–water partition coefficient (Wildman–Crippen LogP) is 5.10. The number of carbonyl (C=O) groups excluding carboxylic acids is 1. The Morgan fingerprint density at radius 1 is 1.18 bits per heavy atom. The third kappa shape index (κ3) is 5.94. The summed E-state index contributed by atoms with van der Waals surface area (Å²) in [5.74, 6) is 1.58. The molecule has 2 heterocycles. The molecule has 0 aliphatic heterocycles.